The minimum atomic E-state index is 0.164. The average molecular weight is 455 g/mol. The topological polar surface area (TPSA) is 51.0 Å². The second kappa shape index (κ2) is 9.45. The fourth-order valence-corrected chi connectivity index (χ4v) is 5.23. The van der Waals surface area contributed by atoms with Crippen molar-refractivity contribution in [2.24, 2.45) is 0 Å². The molecule has 2 aromatic carbocycles. The minimum Gasteiger partial charge on any atom is -0.337 e. The second-order valence-corrected chi connectivity index (χ2v) is 9.53. The van der Waals surface area contributed by atoms with Crippen LogP contribution in [0.1, 0.15) is 38.7 Å². The fourth-order valence-electron chi connectivity index (χ4n) is 4.29. The van der Waals surface area contributed by atoms with Gasteiger partial charge in [0.25, 0.3) is 0 Å². The maximum absolute atomic E-state index is 13.1. The quantitative estimate of drug-likeness (QED) is 0.458. The third-order valence-corrected chi connectivity index (χ3v) is 7.06. The Morgan fingerprint density at radius 3 is 2.42 bits per heavy atom. The van der Waals surface area contributed by atoms with Crippen LogP contribution in [0.2, 0.25) is 5.02 Å². The lowest BCUT2D eigenvalue weighted by Crippen LogP contribution is -2.48. The molecule has 2 heterocycles. The molecule has 4 rings (SSSR count). The predicted octanol–water partition coefficient (Wildman–Crippen LogP) is 5.78. The Balaban J connectivity index is 1.66. The standard InChI is InChI=1S/C24H27ClN4OS/c1-16-7-4-5-10-21(16)29-23(19-11-13-20(25)14-12-19)26-27-24(29)31-15-22(30)28-17(2)8-6-9-18(28)3/h4-5,7,10-14,17-18H,6,8-9,15H2,1-3H3. The molecule has 1 fully saturated rings. The monoisotopic (exact) mass is 454 g/mol. The number of hydrogen-bond acceptors (Lipinski definition) is 4. The van der Waals surface area contributed by atoms with Gasteiger partial charge >= 0.3 is 0 Å². The summed E-state index contributed by atoms with van der Waals surface area (Å²) in [5, 5.41) is 10.3. The van der Waals surface area contributed by atoms with Gasteiger partial charge in [-0.3, -0.25) is 9.36 Å². The van der Waals surface area contributed by atoms with E-state index < -0.39 is 0 Å². The average Bonchev–Trinajstić information content (AvgIpc) is 3.16. The van der Waals surface area contributed by atoms with Crippen LogP contribution in [-0.2, 0) is 4.79 Å². The van der Waals surface area contributed by atoms with E-state index in [0.717, 1.165) is 35.5 Å². The molecular weight excluding hydrogens is 428 g/mol. The molecule has 3 aromatic rings. The molecule has 0 N–H and O–H groups in total. The summed E-state index contributed by atoms with van der Waals surface area (Å²) in [6, 6.07) is 16.3. The van der Waals surface area contributed by atoms with Crippen LogP contribution in [0, 0.1) is 6.92 Å². The van der Waals surface area contributed by atoms with Crippen molar-refractivity contribution in [2.45, 2.75) is 57.3 Å². The summed E-state index contributed by atoms with van der Waals surface area (Å²) >= 11 is 7.53. The van der Waals surface area contributed by atoms with Gasteiger partial charge in [0.15, 0.2) is 11.0 Å². The normalized spacial score (nSPS) is 18.9. The predicted molar refractivity (Wildman–Crippen MR) is 127 cm³/mol. The Hall–Kier alpha value is -2.31. The van der Waals surface area contributed by atoms with Crippen molar-refractivity contribution >= 4 is 29.3 Å². The maximum Gasteiger partial charge on any atom is 0.233 e. The van der Waals surface area contributed by atoms with Gasteiger partial charge in [0, 0.05) is 22.7 Å². The number of hydrogen-bond donors (Lipinski definition) is 0. The van der Waals surface area contributed by atoms with E-state index in [1.807, 2.05) is 45.9 Å². The lowest BCUT2D eigenvalue weighted by atomic mass is 9.98. The molecule has 162 valence electrons. The lowest BCUT2D eigenvalue weighted by molar-refractivity contribution is -0.134. The summed E-state index contributed by atoms with van der Waals surface area (Å²) in [7, 11) is 0. The zero-order valence-corrected chi connectivity index (χ0v) is 19.7. The first-order valence-corrected chi connectivity index (χ1v) is 12.0. The molecule has 1 aliphatic rings. The summed E-state index contributed by atoms with van der Waals surface area (Å²) in [5.74, 6) is 1.25. The van der Waals surface area contributed by atoms with E-state index in [0.29, 0.717) is 15.9 Å². The van der Waals surface area contributed by atoms with E-state index in [2.05, 4.69) is 43.1 Å². The summed E-state index contributed by atoms with van der Waals surface area (Å²) in [6.45, 7) is 6.36. The van der Waals surface area contributed by atoms with E-state index in [-0.39, 0.29) is 18.0 Å². The molecule has 0 radical (unpaired) electrons. The van der Waals surface area contributed by atoms with Crippen LogP contribution in [0.25, 0.3) is 17.1 Å². The molecule has 2 unspecified atom stereocenters. The molecule has 0 saturated carbocycles. The summed E-state index contributed by atoms with van der Waals surface area (Å²) < 4.78 is 2.04. The highest BCUT2D eigenvalue weighted by atomic mass is 35.5. The van der Waals surface area contributed by atoms with E-state index in [1.165, 1.54) is 18.2 Å². The molecule has 31 heavy (non-hydrogen) atoms. The number of amides is 1. The smallest absolute Gasteiger partial charge is 0.233 e. The molecule has 0 bridgehead atoms. The SMILES string of the molecule is Cc1ccccc1-n1c(SCC(=O)N2C(C)CCCC2C)nnc1-c1ccc(Cl)cc1. The number of thioether (sulfide) groups is 1. The Morgan fingerprint density at radius 1 is 1.06 bits per heavy atom. The number of para-hydroxylation sites is 1. The van der Waals surface area contributed by atoms with Gasteiger partial charge < -0.3 is 4.90 Å². The number of piperidine rings is 1. The van der Waals surface area contributed by atoms with Gasteiger partial charge in [-0.1, -0.05) is 41.6 Å². The van der Waals surface area contributed by atoms with E-state index in [1.54, 1.807) is 0 Å². The van der Waals surface area contributed by atoms with Crippen molar-refractivity contribution in [3.63, 3.8) is 0 Å². The van der Waals surface area contributed by atoms with Crippen LogP contribution in [-0.4, -0.2) is 43.4 Å². The number of carbonyl (C=O) groups excluding carboxylic acids is 1. The molecule has 0 spiro atoms. The van der Waals surface area contributed by atoms with Gasteiger partial charge in [-0.25, -0.2) is 0 Å². The number of rotatable bonds is 5. The Kier molecular flexibility index (Phi) is 6.68. The first-order chi connectivity index (χ1) is 15.0. The molecule has 1 saturated heterocycles. The summed E-state index contributed by atoms with van der Waals surface area (Å²) in [6.07, 6.45) is 3.33. The zero-order valence-electron chi connectivity index (χ0n) is 18.1. The van der Waals surface area contributed by atoms with Crippen molar-refractivity contribution in [3.8, 4) is 17.1 Å². The fraction of sp³-hybridized carbons (Fsp3) is 0.375. The lowest BCUT2D eigenvalue weighted by Gasteiger charge is -2.39. The molecular formula is C24H27ClN4OS. The molecule has 1 amide bonds. The second-order valence-electron chi connectivity index (χ2n) is 8.15. The number of benzene rings is 2. The van der Waals surface area contributed by atoms with Gasteiger partial charge in [0.2, 0.25) is 5.91 Å². The van der Waals surface area contributed by atoms with Crippen LogP contribution >= 0.6 is 23.4 Å². The largest absolute Gasteiger partial charge is 0.337 e. The highest BCUT2D eigenvalue weighted by Gasteiger charge is 2.29. The third kappa shape index (κ3) is 4.65. The molecule has 1 aromatic heterocycles. The maximum atomic E-state index is 13.1. The Labute approximate surface area is 192 Å². The van der Waals surface area contributed by atoms with Crippen molar-refractivity contribution < 1.29 is 4.79 Å². The van der Waals surface area contributed by atoms with Crippen LogP contribution in [0.5, 0.6) is 0 Å². The van der Waals surface area contributed by atoms with Gasteiger partial charge in [-0.05, 0) is 75.9 Å². The first kappa shape index (κ1) is 21.9. The molecule has 1 aliphatic heterocycles. The van der Waals surface area contributed by atoms with Crippen LogP contribution in [0.3, 0.4) is 0 Å². The number of nitrogens with zero attached hydrogens (tertiary/aromatic N) is 4. The van der Waals surface area contributed by atoms with Crippen molar-refractivity contribution in [3.05, 3.63) is 59.1 Å². The zero-order chi connectivity index (χ0) is 22.0. The van der Waals surface area contributed by atoms with E-state index in [4.69, 9.17) is 11.6 Å². The van der Waals surface area contributed by atoms with Crippen molar-refractivity contribution in [2.75, 3.05) is 5.75 Å². The molecule has 7 heteroatoms. The highest BCUT2D eigenvalue weighted by molar-refractivity contribution is 7.99. The van der Waals surface area contributed by atoms with E-state index in [9.17, 15) is 4.79 Å². The number of carbonyl (C=O) groups is 1. The first-order valence-electron chi connectivity index (χ1n) is 10.7. The molecule has 0 aliphatic carbocycles. The van der Waals surface area contributed by atoms with Crippen LogP contribution in [0.15, 0.2) is 53.7 Å². The van der Waals surface area contributed by atoms with Gasteiger partial charge in [0.05, 0.1) is 11.4 Å². The minimum absolute atomic E-state index is 0.164. The summed E-state index contributed by atoms with van der Waals surface area (Å²) in [4.78, 5) is 15.1. The number of aryl methyl sites for hydroxylation is 1. The molecule has 5 nitrogen and oxygen atoms in total. The molecule has 2 atom stereocenters. The highest BCUT2D eigenvalue weighted by Crippen LogP contribution is 2.31. The van der Waals surface area contributed by atoms with Crippen molar-refractivity contribution in [1.29, 1.82) is 0 Å². The van der Waals surface area contributed by atoms with Gasteiger partial charge in [-0.15, -0.1) is 10.2 Å². The Bertz CT molecular complexity index is 1060. The van der Waals surface area contributed by atoms with Crippen LogP contribution < -0.4 is 0 Å². The van der Waals surface area contributed by atoms with Gasteiger partial charge in [0.1, 0.15) is 0 Å². The number of halogens is 1. The van der Waals surface area contributed by atoms with Gasteiger partial charge in [-0.2, -0.15) is 0 Å². The Morgan fingerprint density at radius 2 is 1.74 bits per heavy atom. The van der Waals surface area contributed by atoms with Crippen molar-refractivity contribution in [1.82, 2.24) is 19.7 Å². The number of likely N-dealkylation sites (tertiary alicyclic amines) is 1. The summed E-state index contributed by atoms with van der Waals surface area (Å²) in [5.41, 5.74) is 3.05. The van der Waals surface area contributed by atoms with E-state index >= 15 is 0 Å². The van der Waals surface area contributed by atoms with Crippen LogP contribution in [0.4, 0.5) is 0 Å². The third-order valence-electron chi connectivity index (χ3n) is 5.90. The number of aromatic nitrogens is 3.